The first-order chi connectivity index (χ1) is 13.8. The summed E-state index contributed by atoms with van der Waals surface area (Å²) in [6.45, 7) is 2.51. The van der Waals surface area contributed by atoms with Crippen molar-refractivity contribution in [3.63, 3.8) is 0 Å². The Morgan fingerprint density at radius 2 is 1.71 bits per heavy atom. The molecule has 1 saturated heterocycles. The molecule has 0 bridgehead atoms. The minimum Gasteiger partial charge on any atom is -0.339 e. The molecular weight excluding hydrogens is 346 g/mol. The summed E-state index contributed by atoms with van der Waals surface area (Å²) in [5.74, 6) is 0.158. The molecule has 4 nitrogen and oxygen atoms in total. The molecule has 3 heterocycles. The quantitative estimate of drug-likeness (QED) is 0.517. The number of carbonyl (C=O) groups excluding carboxylic acids is 1. The van der Waals surface area contributed by atoms with Gasteiger partial charge in [0.05, 0.1) is 0 Å². The van der Waals surface area contributed by atoms with Gasteiger partial charge in [0.15, 0.2) is 0 Å². The lowest BCUT2D eigenvalue weighted by Crippen LogP contribution is -2.35. The number of hydrogen-bond acceptors (Lipinski definition) is 2. The van der Waals surface area contributed by atoms with Crippen molar-refractivity contribution in [3.05, 3.63) is 78.1 Å². The van der Waals surface area contributed by atoms with E-state index >= 15 is 0 Å². The number of pyridine rings is 1. The van der Waals surface area contributed by atoms with Crippen molar-refractivity contribution in [2.24, 2.45) is 0 Å². The van der Waals surface area contributed by atoms with Crippen LogP contribution in [0.5, 0.6) is 0 Å². The minimum atomic E-state index is 0.158. The van der Waals surface area contributed by atoms with Crippen molar-refractivity contribution in [1.82, 2.24) is 14.5 Å². The van der Waals surface area contributed by atoms with Crippen molar-refractivity contribution in [1.29, 1.82) is 0 Å². The van der Waals surface area contributed by atoms with Gasteiger partial charge in [-0.25, -0.2) is 0 Å². The highest BCUT2D eigenvalue weighted by Crippen LogP contribution is 2.31. The SMILES string of the molecule is O=C(c1ccc2c(c1)c1ccccc1n2Cc1cccnc1)N1CCCCC1. The summed E-state index contributed by atoms with van der Waals surface area (Å²) in [4.78, 5) is 19.2. The van der Waals surface area contributed by atoms with Gasteiger partial charge in [0.2, 0.25) is 0 Å². The largest absolute Gasteiger partial charge is 0.339 e. The van der Waals surface area contributed by atoms with E-state index in [4.69, 9.17) is 0 Å². The molecule has 140 valence electrons. The van der Waals surface area contributed by atoms with Crippen LogP contribution in [0.3, 0.4) is 0 Å². The molecule has 2 aromatic heterocycles. The molecule has 4 heteroatoms. The fourth-order valence-corrected chi connectivity index (χ4v) is 4.31. The Balaban J connectivity index is 1.61. The van der Waals surface area contributed by atoms with Gasteiger partial charge in [-0.2, -0.15) is 0 Å². The molecule has 0 radical (unpaired) electrons. The number of piperidine rings is 1. The third-order valence-corrected chi connectivity index (χ3v) is 5.73. The second kappa shape index (κ2) is 7.12. The topological polar surface area (TPSA) is 38.1 Å². The standard InChI is InChI=1S/C24H23N3O/c28-24(26-13-4-1-5-14-26)19-10-11-23-21(15-19)20-8-2-3-9-22(20)27(23)17-18-7-6-12-25-16-18/h2-3,6-12,15-16H,1,4-5,13-14,17H2. The predicted molar refractivity (Wildman–Crippen MR) is 113 cm³/mol. The number of para-hydroxylation sites is 1. The number of fused-ring (bicyclic) bond motifs is 3. The molecule has 0 saturated carbocycles. The molecule has 5 rings (SSSR count). The van der Waals surface area contributed by atoms with E-state index in [0.717, 1.165) is 48.9 Å². The second-order valence-corrected chi connectivity index (χ2v) is 7.55. The van der Waals surface area contributed by atoms with Gasteiger partial charge in [-0.05, 0) is 55.2 Å². The van der Waals surface area contributed by atoms with Crippen molar-refractivity contribution >= 4 is 27.7 Å². The van der Waals surface area contributed by atoms with Crippen LogP contribution in [0.4, 0.5) is 0 Å². The summed E-state index contributed by atoms with van der Waals surface area (Å²) in [5.41, 5.74) is 4.29. The van der Waals surface area contributed by atoms with Crippen LogP contribution in [0.1, 0.15) is 35.2 Å². The molecule has 0 spiro atoms. The van der Waals surface area contributed by atoms with Crippen LogP contribution in [0.15, 0.2) is 67.0 Å². The van der Waals surface area contributed by atoms with E-state index in [-0.39, 0.29) is 5.91 Å². The fourth-order valence-electron chi connectivity index (χ4n) is 4.31. The molecule has 1 fully saturated rings. The third kappa shape index (κ3) is 2.95. The van der Waals surface area contributed by atoms with Gasteiger partial charge in [-0.15, -0.1) is 0 Å². The Morgan fingerprint density at radius 1 is 0.893 bits per heavy atom. The van der Waals surface area contributed by atoms with Gasteiger partial charge in [0, 0.05) is 59.4 Å². The summed E-state index contributed by atoms with van der Waals surface area (Å²) >= 11 is 0. The number of carbonyl (C=O) groups is 1. The van der Waals surface area contributed by atoms with E-state index in [1.165, 1.54) is 22.9 Å². The maximum Gasteiger partial charge on any atom is 0.253 e. The average molecular weight is 369 g/mol. The van der Waals surface area contributed by atoms with E-state index in [9.17, 15) is 4.79 Å². The number of hydrogen-bond donors (Lipinski definition) is 0. The number of nitrogens with zero attached hydrogens (tertiary/aromatic N) is 3. The maximum absolute atomic E-state index is 13.0. The highest BCUT2D eigenvalue weighted by molar-refractivity contribution is 6.10. The van der Waals surface area contributed by atoms with Crippen molar-refractivity contribution in [3.8, 4) is 0 Å². The zero-order valence-electron chi connectivity index (χ0n) is 15.8. The lowest BCUT2D eigenvalue weighted by Gasteiger charge is -2.26. The van der Waals surface area contributed by atoms with E-state index < -0.39 is 0 Å². The molecular formula is C24H23N3O. The Hall–Kier alpha value is -3.14. The summed E-state index contributed by atoms with van der Waals surface area (Å²) in [5, 5.41) is 2.33. The third-order valence-electron chi connectivity index (χ3n) is 5.73. The Labute approximate surface area is 164 Å². The molecule has 1 aliphatic heterocycles. The van der Waals surface area contributed by atoms with E-state index in [2.05, 4.69) is 52.0 Å². The Kier molecular flexibility index (Phi) is 4.32. The average Bonchev–Trinajstić information content (AvgIpc) is 3.08. The van der Waals surface area contributed by atoms with Crippen molar-refractivity contribution < 1.29 is 4.79 Å². The van der Waals surface area contributed by atoms with Gasteiger partial charge < -0.3 is 9.47 Å². The van der Waals surface area contributed by atoms with Crippen LogP contribution in [0, 0.1) is 0 Å². The first-order valence-electron chi connectivity index (χ1n) is 10.0. The molecule has 2 aromatic carbocycles. The number of aromatic nitrogens is 2. The van der Waals surface area contributed by atoms with Gasteiger partial charge in [0.25, 0.3) is 5.91 Å². The zero-order chi connectivity index (χ0) is 18.9. The minimum absolute atomic E-state index is 0.158. The fraction of sp³-hybridized carbons (Fsp3) is 0.250. The van der Waals surface area contributed by atoms with Gasteiger partial charge in [-0.3, -0.25) is 9.78 Å². The Bertz CT molecular complexity index is 1140. The van der Waals surface area contributed by atoms with Gasteiger partial charge in [0.1, 0.15) is 0 Å². The number of likely N-dealkylation sites (tertiary alicyclic amines) is 1. The van der Waals surface area contributed by atoms with Crippen molar-refractivity contribution in [2.75, 3.05) is 13.1 Å². The summed E-state index contributed by atoms with van der Waals surface area (Å²) < 4.78 is 2.32. The highest BCUT2D eigenvalue weighted by atomic mass is 16.2. The van der Waals surface area contributed by atoms with Crippen LogP contribution in [0.2, 0.25) is 0 Å². The molecule has 0 unspecified atom stereocenters. The first-order valence-corrected chi connectivity index (χ1v) is 10.0. The van der Waals surface area contributed by atoms with E-state index in [0.29, 0.717) is 0 Å². The second-order valence-electron chi connectivity index (χ2n) is 7.55. The smallest absolute Gasteiger partial charge is 0.253 e. The first kappa shape index (κ1) is 17.0. The molecule has 4 aromatic rings. The highest BCUT2D eigenvalue weighted by Gasteiger charge is 2.20. The molecule has 0 aliphatic carbocycles. The molecule has 0 N–H and O–H groups in total. The van der Waals surface area contributed by atoms with Crippen LogP contribution >= 0.6 is 0 Å². The molecule has 0 atom stereocenters. The number of amides is 1. The maximum atomic E-state index is 13.0. The summed E-state index contributed by atoms with van der Waals surface area (Å²) in [6.07, 6.45) is 7.16. The lowest BCUT2D eigenvalue weighted by atomic mass is 10.1. The van der Waals surface area contributed by atoms with Gasteiger partial charge >= 0.3 is 0 Å². The van der Waals surface area contributed by atoms with Crippen LogP contribution in [-0.2, 0) is 6.54 Å². The normalized spacial score (nSPS) is 14.6. The molecule has 28 heavy (non-hydrogen) atoms. The monoisotopic (exact) mass is 369 g/mol. The van der Waals surface area contributed by atoms with E-state index in [1.807, 2.05) is 23.2 Å². The summed E-state index contributed by atoms with van der Waals surface area (Å²) in [7, 11) is 0. The van der Waals surface area contributed by atoms with Crippen molar-refractivity contribution in [2.45, 2.75) is 25.8 Å². The number of rotatable bonds is 3. The number of benzene rings is 2. The van der Waals surface area contributed by atoms with Crippen LogP contribution in [-0.4, -0.2) is 33.4 Å². The Morgan fingerprint density at radius 3 is 2.54 bits per heavy atom. The van der Waals surface area contributed by atoms with Gasteiger partial charge in [-0.1, -0.05) is 24.3 Å². The van der Waals surface area contributed by atoms with Crippen LogP contribution in [0.25, 0.3) is 21.8 Å². The summed E-state index contributed by atoms with van der Waals surface area (Å²) in [6, 6.07) is 18.7. The lowest BCUT2D eigenvalue weighted by molar-refractivity contribution is 0.0724. The molecule has 1 aliphatic rings. The predicted octanol–water partition coefficient (Wildman–Crippen LogP) is 4.86. The zero-order valence-corrected chi connectivity index (χ0v) is 15.8. The van der Waals surface area contributed by atoms with E-state index in [1.54, 1.807) is 6.20 Å². The molecule has 1 amide bonds. The van der Waals surface area contributed by atoms with Crippen LogP contribution < -0.4 is 0 Å².